The highest BCUT2D eigenvalue weighted by Crippen LogP contribution is 2.43. The molecule has 0 fully saturated rings. The highest BCUT2D eigenvalue weighted by molar-refractivity contribution is 5.84. The first kappa shape index (κ1) is 88.9. The molecule has 0 saturated carbocycles. The summed E-state index contributed by atoms with van der Waals surface area (Å²) in [5.41, 5.74) is 19.7. The van der Waals surface area contributed by atoms with Gasteiger partial charge in [0, 0.05) is 88.8 Å². The summed E-state index contributed by atoms with van der Waals surface area (Å²) in [6.45, 7) is 29.5. The molecule has 4 aliphatic heterocycles. The van der Waals surface area contributed by atoms with Crippen LogP contribution in [0, 0.1) is 27.7 Å². The molecule has 8 heterocycles. The summed E-state index contributed by atoms with van der Waals surface area (Å²) in [5.74, 6) is 2.15. The molecule has 646 valence electrons. The predicted octanol–water partition coefficient (Wildman–Crippen LogP) is 8.30. The van der Waals surface area contributed by atoms with Crippen molar-refractivity contribution in [2.45, 2.75) is 85.2 Å². The van der Waals surface area contributed by atoms with E-state index >= 15 is 0 Å². The van der Waals surface area contributed by atoms with E-state index in [-0.39, 0.29) is 52.8 Å². The number of fused-ring (bicyclic) bond motifs is 8. The Labute approximate surface area is 723 Å². The topological polar surface area (TPSA) is 367 Å². The number of aliphatic hydroxyl groups excluding tert-OH is 3. The van der Waals surface area contributed by atoms with Crippen molar-refractivity contribution < 1.29 is 20.1 Å². The van der Waals surface area contributed by atoms with Gasteiger partial charge in [-0.1, -0.05) is 148 Å². The number of anilines is 12. The molecule has 1 atom stereocenters. The van der Waals surface area contributed by atoms with Gasteiger partial charge in [-0.2, -0.15) is 0 Å². The van der Waals surface area contributed by atoms with E-state index in [0.29, 0.717) is 101 Å². The average Bonchev–Trinajstić information content (AvgIpc) is 0.770. The lowest BCUT2D eigenvalue weighted by molar-refractivity contribution is 0.105. The number of nitrogens with one attached hydrogen (secondary N) is 8. The fraction of sp³-hybridized carbons (Fsp3) is 0.292. The summed E-state index contributed by atoms with van der Waals surface area (Å²) in [6.07, 6.45) is 6.39. The Morgan fingerprint density at radius 3 is 0.936 bits per heavy atom. The highest BCUT2D eigenvalue weighted by atomic mass is 16.5. The van der Waals surface area contributed by atoms with E-state index in [1.165, 1.54) is 22.3 Å². The highest BCUT2D eigenvalue weighted by Gasteiger charge is 2.29. The molecular weight excluding hydrogens is 1580 g/mol. The van der Waals surface area contributed by atoms with Crippen molar-refractivity contribution in [1.82, 2.24) is 44.8 Å². The standard InChI is InChI=1S/C25H30N6O.C24H27N5O3.C24H27N5O2.C23H25N5O2/c1-17-15-21-22(16-20(17)26-12-14-30(3)4)31(13-8-11-19-9-6-5-7-10-19)24-23(29-21)25(32)28-18(2)27-24;1-15-11-20-21(12-19(15)25-13-18(31)14-30)29(10-6-9-17-7-4-3-5-8-17)23-22(28-20)24(32)27-16(2)26-23;1-16-14-20-21(15-19(16)25-11-13-31-3)29(12-7-10-18-8-5-4-6-9-18)23-22(28-20)24(30)27-17(2)26-23;1-15-13-19-20(14-18(15)24-10-12-29)28(11-6-9-17-7-4-3-5-8-17)22-21(27-19)23(30)26-16(2)25-22/h5-7,9-10,15-16,26H,2,8,11-14H2,1,3-4H3,(H,28,32);3-5,7-8,11-12,18,25,30-31H,2,6,9-10,13-14H2,1H3,(H,27,32);4-6,8-9,14-15,25H,2,7,10-13H2,1,3H3,(H,27,30);3-5,7-8,13-14,24,29H,2,6,9-12H2,1H3,(H,26,30). The maximum Gasteiger partial charge on any atom is 0.279 e. The van der Waals surface area contributed by atoms with Gasteiger partial charge in [-0.3, -0.25) is 19.2 Å². The molecule has 1 unspecified atom stereocenters. The van der Waals surface area contributed by atoms with Crippen LogP contribution in [0.5, 0.6) is 0 Å². The number of hydrogen-bond acceptors (Lipinski definition) is 25. The normalized spacial score (nSPS) is 12.4. The number of rotatable bonds is 31. The second-order valence-corrected chi connectivity index (χ2v) is 31.3. The molecule has 0 bridgehead atoms. The van der Waals surface area contributed by atoms with Crippen LogP contribution in [0.1, 0.15) is 70.2 Å². The molecule has 11 N–H and O–H groups in total. The van der Waals surface area contributed by atoms with Crippen molar-refractivity contribution in [3.63, 3.8) is 0 Å². The molecule has 0 aliphatic carbocycles. The van der Waals surface area contributed by atoms with E-state index in [2.05, 4.69) is 228 Å². The number of benzene rings is 8. The molecule has 0 saturated heterocycles. The molecule has 12 aromatic rings. The third-order valence-electron chi connectivity index (χ3n) is 21.5. The van der Waals surface area contributed by atoms with Gasteiger partial charge in [0.2, 0.25) is 0 Å². The first-order valence-corrected chi connectivity index (χ1v) is 42.1. The Morgan fingerprint density at radius 1 is 0.400 bits per heavy atom. The fourth-order valence-electron chi connectivity index (χ4n) is 15.2. The van der Waals surface area contributed by atoms with Crippen LogP contribution in [0.3, 0.4) is 0 Å². The smallest absolute Gasteiger partial charge is 0.279 e. The average molecular weight is 1690 g/mol. The number of aromatic nitrogens is 8. The summed E-state index contributed by atoms with van der Waals surface area (Å²) in [7, 11) is 5.81. The molecule has 29 heteroatoms. The lowest BCUT2D eigenvalue weighted by Crippen LogP contribution is -2.42. The minimum Gasteiger partial charge on any atom is -0.395 e. The maximum atomic E-state index is 12.6. The van der Waals surface area contributed by atoms with Gasteiger partial charge in [0.15, 0.2) is 44.7 Å². The fourth-order valence-corrected chi connectivity index (χ4v) is 15.2. The summed E-state index contributed by atoms with van der Waals surface area (Å²) in [6, 6.07) is 57.5. The molecule has 8 aromatic carbocycles. The van der Waals surface area contributed by atoms with E-state index in [4.69, 9.17) is 9.84 Å². The van der Waals surface area contributed by atoms with Gasteiger partial charge in [-0.05, 0) is 186 Å². The third-order valence-corrected chi connectivity index (χ3v) is 21.5. The molecule has 4 aromatic heterocycles. The van der Waals surface area contributed by atoms with Crippen molar-refractivity contribution in [1.29, 1.82) is 0 Å². The minimum atomic E-state index is -0.855. The number of aliphatic hydroxyl groups is 3. The molecule has 125 heavy (non-hydrogen) atoms. The quantitative estimate of drug-likeness (QED) is 0.0182. The zero-order valence-electron chi connectivity index (χ0n) is 71.9. The van der Waals surface area contributed by atoms with Gasteiger partial charge in [0.1, 0.15) is 21.9 Å². The predicted molar refractivity (Wildman–Crippen MR) is 500 cm³/mol. The largest absolute Gasteiger partial charge is 0.395 e. The monoisotopic (exact) mass is 1680 g/mol. The zero-order valence-corrected chi connectivity index (χ0v) is 71.9. The molecule has 0 amide bonds. The number of methoxy groups -OCH3 is 1. The Bertz CT molecular complexity index is 6580. The number of H-pyrrole nitrogens is 4. The lowest BCUT2D eigenvalue weighted by atomic mass is 10.1. The minimum absolute atomic E-state index is 0.0479. The van der Waals surface area contributed by atoms with Crippen LogP contribution in [-0.2, 0) is 30.4 Å². The van der Waals surface area contributed by atoms with E-state index in [1.54, 1.807) is 7.11 Å². The van der Waals surface area contributed by atoms with Gasteiger partial charge >= 0.3 is 0 Å². The summed E-state index contributed by atoms with van der Waals surface area (Å²) in [5, 5.41) is 42.7. The molecule has 4 aliphatic rings. The SMILES string of the molecule is C=c1nc2c(c(=O)[nH]1)=Nc1cc(C)c(NCC(O)CO)cc1N2CCCc1ccccc1.C=c1nc2c(c(=O)[nH]1)=Nc1cc(C)c(NCCN(C)C)cc1N2CCCc1ccccc1.C=c1nc2c(c(=O)[nH]1)=Nc1cc(C)c(NCCO)cc1N2CCCc1ccccc1.C=c1nc2c(c(=O)[nH]1)=Nc1cc(C)c(NCCOC)cc1N2CCCc1ccccc1. The molecule has 16 rings (SSSR count). The number of nitrogens with zero attached hydrogens (tertiary/aromatic N) is 13. The van der Waals surface area contributed by atoms with Crippen LogP contribution < -0.4 is 106 Å². The van der Waals surface area contributed by atoms with Gasteiger partial charge < -0.3 is 85.8 Å². The molecular formula is C96H109N21O8. The van der Waals surface area contributed by atoms with Crippen molar-refractivity contribution in [2.24, 2.45) is 20.0 Å². The van der Waals surface area contributed by atoms with Crippen LogP contribution in [-0.4, -0.2) is 166 Å². The van der Waals surface area contributed by atoms with Gasteiger partial charge in [-0.15, -0.1) is 0 Å². The molecule has 29 nitrogen and oxygen atoms in total. The van der Waals surface area contributed by atoms with Crippen LogP contribution in [0.25, 0.3) is 26.3 Å². The maximum absolute atomic E-state index is 12.6. The van der Waals surface area contributed by atoms with Gasteiger partial charge in [0.05, 0.1) is 71.4 Å². The van der Waals surface area contributed by atoms with Crippen LogP contribution in [0.4, 0.5) is 91.5 Å². The Morgan fingerprint density at radius 2 is 0.672 bits per heavy atom. The second kappa shape index (κ2) is 41.8. The van der Waals surface area contributed by atoms with Gasteiger partial charge in [0.25, 0.3) is 22.2 Å². The van der Waals surface area contributed by atoms with Crippen LogP contribution in [0.2, 0.25) is 0 Å². The van der Waals surface area contributed by atoms with E-state index in [9.17, 15) is 29.4 Å². The first-order valence-electron chi connectivity index (χ1n) is 42.1. The third kappa shape index (κ3) is 22.3. The van der Waals surface area contributed by atoms with Crippen molar-refractivity contribution in [2.75, 3.05) is 141 Å². The lowest BCUT2D eigenvalue weighted by Gasteiger charge is -2.29. The summed E-state index contributed by atoms with van der Waals surface area (Å²) < 4.78 is 5.16. The van der Waals surface area contributed by atoms with E-state index in [1.807, 2.05) is 116 Å². The number of hydrogen-bond donors (Lipinski definition) is 11. The number of aromatic amines is 4. The van der Waals surface area contributed by atoms with E-state index < -0.39 is 6.10 Å². The van der Waals surface area contributed by atoms with Crippen molar-refractivity contribution in [3.8, 4) is 0 Å². The zero-order chi connectivity index (χ0) is 88.2. The second-order valence-electron chi connectivity index (χ2n) is 31.3. The summed E-state index contributed by atoms with van der Waals surface area (Å²) >= 11 is 0. The number of ether oxygens (including phenoxy) is 1. The Kier molecular flexibility index (Phi) is 29.8. The molecule has 0 radical (unpaired) electrons. The van der Waals surface area contributed by atoms with Gasteiger partial charge in [-0.25, -0.2) is 39.9 Å². The Hall–Kier alpha value is -13.8. The Balaban J connectivity index is 0.000000143. The van der Waals surface area contributed by atoms with Crippen molar-refractivity contribution in [3.05, 3.63) is 299 Å². The van der Waals surface area contributed by atoms with Crippen LogP contribution >= 0.6 is 0 Å². The molecule has 0 spiro atoms. The first-order chi connectivity index (χ1) is 60.5. The number of aryl methyl sites for hydroxylation is 8. The van der Waals surface area contributed by atoms with Crippen molar-refractivity contribution >= 4 is 118 Å². The summed E-state index contributed by atoms with van der Waals surface area (Å²) in [4.78, 5) is 108. The van der Waals surface area contributed by atoms with Crippen LogP contribution in [0.15, 0.2) is 209 Å². The van der Waals surface area contributed by atoms with E-state index in [0.717, 1.165) is 156 Å². The number of likely N-dealkylation sites (N-methyl/N-ethyl adjacent to an activating group) is 1.